The first kappa shape index (κ1) is 19.6. The first-order valence-corrected chi connectivity index (χ1v) is 10.1. The average Bonchev–Trinajstić information content (AvgIpc) is 3.39. The number of cyclic esters (lactones) is 1. The Morgan fingerprint density at radius 1 is 0.906 bits per heavy atom. The number of halogens is 1. The first-order valence-electron chi connectivity index (χ1n) is 10.1. The van der Waals surface area contributed by atoms with E-state index in [1.807, 2.05) is 67.7 Å². The Balaban J connectivity index is 1.59. The lowest BCUT2D eigenvalue weighted by atomic mass is 10.1. The molecule has 4 aromatic rings. The topological polar surface area (TPSA) is 56.5 Å². The van der Waals surface area contributed by atoms with E-state index in [0.717, 1.165) is 22.4 Å². The molecule has 0 spiro atoms. The van der Waals surface area contributed by atoms with Crippen LogP contribution in [0.3, 0.4) is 0 Å². The average molecular weight is 423 g/mol. The van der Waals surface area contributed by atoms with Crippen molar-refractivity contribution in [2.45, 2.75) is 6.92 Å². The minimum atomic E-state index is -0.530. The fourth-order valence-electron chi connectivity index (χ4n) is 3.41. The van der Waals surface area contributed by atoms with Crippen molar-refractivity contribution in [2.75, 3.05) is 0 Å². The summed E-state index contributed by atoms with van der Waals surface area (Å²) in [7, 11) is 0. The van der Waals surface area contributed by atoms with Crippen molar-refractivity contribution >= 4 is 17.9 Å². The monoisotopic (exact) mass is 423 g/mol. The highest BCUT2D eigenvalue weighted by atomic mass is 19.1. The predicted octanol–water partition coefficient (Wildman–Crippen LogP) is 5.33. The number of esters is 1. The molecule has 1 aliphatic rings. The van der Waals surface area contributed by atoms with Crippen LogP contribution in [0.5, 0.6) is 0 Å². The van der Waals surface area contributed by atoms with Gasteiger partial charge in [-0.25, -0.2) is 18.9 Å². The lowest BCUT2D eigenvalue weighted by molar-refractivity contribution is -0.129. The van der Waals surface area contributed by atoms with Crippen molar-refractivity contribution in [1.82, 2.24) is 9.78 Å². The van der Waals surface area contributed by atoms with E-state index < -0.39 is 5.97 Å². The molecule has 1 aliphatic heterocycles. The maximum Gasteiger partial charge on any atom is 0.363 e. The molecule has 156 valence electrons. The fraction of sp³-hybridized carbons (Fsp3) is 0.0385. The summed E-state index contributed by atoms with van der Waals surface area (Å²) >= 11 is 0. The summed E-state index contributed by atoms with van der Waals surface area (Å²) in [6.07, 6.45) is 3.46. The van der Waals surface area contributed by atoms with Gasteiger partial charge in [0.2, 0.25) is 5.90 Å². The van der Waals surface area contributed by atoms with Gasteiger partial charge in [-0.15, -0.1) is 0 Å². The van der Waals surface area contributed by atoms with E-state index in [1.54, 1.807) is 22.9 Å². The van der Waals surface area contributed by atoms with Crippen LogP contribution in [0.2, 0.25) is 0 Å². The van der Waals surface area contributed by atoms with Crippen molar-refractivity contribution in [3.63, 3.8) is 0 Å². The molecule has 6 heteroatoms. The van der Waals surface area contributed by atoms with Gasteiger partial charge < -0.3 is 4.74 Å². The molecule has 0 saturated carbocycles. The second kappa shape index (κ2) is 8.07. The molecule has 0 fully saturated rings. The summed E-state index contributed by atoms with van der Waals surface area (Å²) in [5, 5.41) is 4.68. The minimum Gasteiger partial charge on any atom is -0.402 e. The van der Waals surface area contributed by atoms with Crippen LogP contribution in [-0.4, -0.2) is 21.6 Å². The molecule has 0 amide bonds. The van der Waals surface area contributed by atoms with Crippen LogP contribution >= 0.6 is 0 Å². The van der Waals surface area contributed by atoms with Crippen molar-refractivity contribution < 1.29 is 13.9 Å². The number of ether oxygens (including phenoxy) is 1. The molecular weight excluding hydrogens is 405 g/mol. The van der Waals surface area contributed by atoms with Gasteiger partial charge in [-0.3, -0.25) is 0 Å². The zero-order chi connectivity index (χ0) is 22.1. The molecule has 5 rings (SSSR count). The van der Waals surface area contributed by atoms with Gasteiger partial charge in [0.05, 0.1) is 5.69 Å². The number of aliphatic imine (C=N–C) groups is 1. The Labute approximate surface area is 184 Å². The van der Waals surface area contributed by atoms with Crippen molar-refractivity contribution in [1.29, 1.82) is 0 Å². The molecule has 0 unspecified atom stereocenters. The number of carbonyl (C=O) groups excluding carboxylic acids is 1. The normalized spacial score (nSPS) is 14.5. The van der Waals surface area contributed by atoms with Gasteiger partial charge in [0.15, 0.2) is 5.70 Å². The van der Waals surface area contributed by atoms with Gasteiger partial charge in [-0.2, -0.15) is 5.10 Å². The van der Waals surface area contributed by atoms with Crippen molar-refractivity contribution in [3.05, 3.63) is 113 Å². The number of aryl methyl sites for hydroxylation is 1. The number of hydrogen-bond acceptors (Lipinski definition) is 4. The van der Waals surface area contributed by atoms with Crippen LogP contribution in [0.1, 0.15) is 16.7 Å². The smallest absolute Gasteiger partial charge is 0.363 e. The molecule has 32 heavy (non-hydrogen) atoms. The van der Waals surface area contributed by atoms with Crippen LogP contribution in [0.25, 0.3) is 23.0 Å². The third-order valence-corrected chi connectivity index (χ3v) is 5.09. The molecule has 0 N–H and O–H groups in total. The summed E-state index contributed by atoms with van der Waals surface area (Å²) in [5.74, 6) is -0.596. The van der Waals surface area contributed by atoms with Gasteiger partial charge in [0.25, 0.3) is 0 Å². The van der Waals surface area contributed by atoms with E-state index in [0.29, 0.717) is 11.3 Å². The third-order valence-electron chi connectivity index (χ3n) is 5.09. The molecule has 0 radical (unpaired) electrons. The summed E-state index contributed by atoms with van der Waals surface area (Å²) < 4.78 is 20.6. The Kier molecular flexibility index (Phi) is 4.95. The van der Waals surface area contributed by atoms with Gasteiger partial charge in [-0.1, -0.05) is 35.9 Å². The standard InChI is InChI=1S/C26H18FN3O2/c1-17-7-9-19(10-8-17)25-28-23(26(31)32-25)15-20-16-30(22-5-3-2-4-6-22)29-24(20)18-11-13-21(27)14-12-18/h2-16H,1H3/b23-15+. The van der Waals surface area contributed by atoms with E-state index in [-0.39, 0.29) is 17.4 Å². The van der Waals surface area contributed by atoms with E-state index >= 15 is 0 Å². The van der Waals surface area contributed by atoms with Gasteiger partial charge in [0, 0.05) is 22.9 Å². The zero-order valence-corrected chi connectivity index (χ0v) is 17.2. The maximum absolute atomic E-state index is 13.5. The number of nitrogens with zero attached hydrogens (tertiary/aromatic N) is 3. The lowest BCUT2D eigenvalue weighted by Gasteiger charge is -2.00. The van der Waals surface area contributed by atoms with E-state index in [2.05, 4.69) is 10.1 Å². The molecule has 3 aromatic carbocycles. The zero-order valence-electron chi connectivity index (χ0n) is 17.2. The van der Waals surface area contributed by atoms with Crippen LogP contribution in [-0.2, 0) is 9.53 Å². The quantitative estimate of drug-likeness (QED) is 0.329. The number of aromatic nitrogens is 2. The summed E-state index contributed by atoms with van der Waals surface area (Å²) in [4.78, 5) is 16.9. The largest absolute Gasteiger partial charge is 0.402 e. The van der Waals surface area contributed by atoms with Crippen LogP contribution in [0, 0.1) is 12.7 Å². The Bertz CT molecular complexity index is 1350. The van der Waals surface area contributed by atoms with Gasteiger partial charge in [-0.05, 0) is 61.5 Å². The minimum absolute atomic E-state index is 0.177. The van der Waals surface area contributed by atoms with Gasteiger partial charge in [0.1, 0.15) is 11.5 Å². The molecule has 0 bridgehead atoms. The van der Waals surface area contributed by atoms with E-state index in [4.69, 9.17) is 4.74 Å². The highest BCUT2D eigenvalue weighted by molar-refractivity contribution is 6.13. The molecular formula is C26H18FN3O2. The van der Waals surface area contributed by atoms with E-state index in [1.165, 1.54) is 12.1 Å². The molecule has 5 nitrogen and oxygen atoms in total. The Morgan fingerprint density at radius 2 is 1.59 bits per heavy atom. The Morgan fingerprint density at radius 3 is 2.31 bits per heavy atom. The summed E-state index contributed by atoms with van der Waals surface area (Å²) in [5.41, 5.74) is 4.86. The number of benzene rings is 3. The lowest BCUT2D eigenvalue weighted by Crippen LogP contribution is -2.05. The molecule has 0 aliphatic carbocycles. The second-order valence-electron chi connectivity index (χ2n) is 7.42. The second-order valence-corrected chi connectivity index (χ2v) is 7.42. The molecule has 2 heterocycles. The van der Waals surface area contributed by atoms with Crippen molar-refractivity contribution in [2.24, 2.45) is 4.99 Å². The third kappa shape index (κ3) is 3.86. The summed E-state index contributed by atoms with van der Waals surface area (Å²) in [6, 6.07) is 23.3. The number of para-hydroxylation sites is 1. The molecule has 0 saturated heterocycles. The maximum atomic E-state index is 13.5. The van der Waals surface area contributed by atoms with Crippen molar-refractivity contribution in [3.8, 4) is 16.9 Å². The molecule has 1 aromatic heterocycles. The number of carbonyl (C=O) groups is 1. The summed E-state index contributed by atoms with van der Waals surface area (Å²) in [6.45, 7) is 1.99. The highest BCUT2D eigenvalue weighted by Crippen LogP contribution is 2.28. The molecule has 0 atom stereocenters. The van der Waals surface area contributed by atoms with Gasteiger partial charge >= 0.3 is 5.97 Å². The number of hydrogen-bond donors (Lipinski definition) is 0. The number of rotatable bonds is 4. The fourth-order valence-corrected chi connectivity index (χ4v) is 3.41. The SMILES string of the molecule is Cc1ccc(C2=N/C(=C/c3cn(-c4ccccc4)nc3-c3ccc(F)cc3)C(=O)O2)cc1. The van der Waals surface area contributed by atoms with Crippen LogP contribution in [0.15, 0.2) is 95.7 Å². The predicted molar refractivity (Wildman–Crippen MR) is 121 cm³/mol. The Hall–Kier alpha value is -4.32. The first-order chi connectivity index (χ1) is 15.6. The van der Waals surface area contributed by atoms with Crippen LogP contribution < -0.4 is 0 Å². The van der Waals surface area contributed by atoms with E-state index in [9.17, 15) is 9.18 Å². The van der Waals surface area contributed by atoms with Crippen LogP contribution in [0.4, 0.5) is 4.39 Å². The highest BCUT2D eigenvalue weighted by Gasteiger charge is 2.25.